The Bertz CT molecular complexity index is 1340. The topological polar surface area (TPSA) is 161 Å². The molecule has 0 unspecified atom stereocenters. The van der Waals surface area contributed by atoms with Gasteiger partial charge in [-0.3, -0.25) is 4.79 Å². The Morgan fingerprint density at radius 2 is 1.77 bits per heavy atom. The number of halogens is 3. The molecule has 0 atom stereocenters. The van der Waals surface area contributed by atoms with Gasteiger partial charge in [0.15, 0.2) is 17.3 Å². The van der Waals surface area contributed by atoms with Crippen LogP contribution in [0.25, 0.3) is 11.4 Å². The van der Waals surface area contributed by atoms with Gasteiger partial charge in [-0.15, -0.1) is 0 Å². The van der Waals surface area contributed by atoms with Crippen molar-refractivity contribution in [3.05, 3.63) is 42.0 Å². The van der Waals surface area contributed by atoms with E-state index in [-0.39, 0.29) is 35.0 Å². The highest BCUT2D eigenvalue weighted by molar-refractivity contribution is 6.06. The molecule has 5 rings (SSSR count). The van der Waals surface area contributed by atoms with Gasteiger partial charge in [0.05, 0.1) is 25.1 Å². The Hall–Kier alpha value is -4.11. The molecule has 2 aliphatic rings. The van der Waals surface area contributed by atoms with Crippen LogP contribution in [0.1, 0.15) is 28.9 Å². The van der Waals surface area contributed by atoms with Crippen molar-refractivity contribution in [1.29, 1.82) is 0 Å². The predicted octanol–water partition coefficient (Wildman–Crippen LogP) is 1.95. The van der Waals surface area contributed by atoms with Crippen LogP contribution in [-0.4, -0.2) is 76.3 Å². The Morgan fingerprint density at radius 3 is 2.49 bits per heavy atom. The van der Waals surface area contributed by atoms with Crippen molar-refractivity contribution in [3.63, 3.8) is 0 Å². The normalized spacial score (nSPS) is 16.8. The first-order valence-corrected chi connectivity index (χ1v) is 12.4. The van der Waals surface area contributed by atoms with Crippen LogP contribution in [0.4, 0.5) is 36.4 Å². The van der Waals surface area contributed by atoms with E-state index in [0.717, 1.165) is 19.0 Å². The number of ether oxygens (including phenoxy) is 1. The number of rotatable bonds is 5. The van der Waals surface area contributed by atoms with E-state index < -0.39 is 23.3 Å². The monoisotopic (exact) mass is 544 g/mol. The molecule has 5 N–H and O–H groups in total. The molecule has 12 nitrogen and oxygen atoms in total. The summed E-state index contributed by atoms with van der Waals surface area (Å²) in [5.74, 6) is -0.678. The molecule has 2 fully saturated rings. The van der Waals surface area contributed by atoms with Crippen molar-refractivity contribution in [2.75, 3.05) is 60.2 Å². The molecule has 0 aliphatic carbocycles. The van der Waals surface area contributed by atoms with Crippen molar-refractivity contribution in [3.8, 4) is 11.4 Å². The Morgan fingerprint density at radius 1 is 1.03 bits per heavy atom. The molecule has 15 heteroatoms. The first kappa shape index (κ1) is 26.5. The van der Waals surface area contributed by atoms with Gasteiger partial charge in [-0.1, -0.05) is 0 Å². The number of aromatic nitrogens is 5. The molecule has 5 heterocycles. The van der Waals surface area contributed by atoms with Crippen LogP contribution in [0.5, 0.6) is 0 Å². The third-order valence-corrected chi connectivity index (χ3v) is 6.53. The molecule has 1 amide bonds. The Labute approximate surface area is 221 Å². The highest BCUT2D eigenvalue weighted by Crippen LogP contribution is 2.36. The fraction of sp³-hybridized carbons (Fsp3) is 0.417. The summed E-state index contributed by atoms with van der Waals surface area (Å²) in [4.78, 5) is 37.5. The molecule has 0 aromatic carbocycles. The second-order valence-electron chi connectivity index (χ2n) is 9.17. The first-order valence-electron chi connectivity index (χ1n) is 12.4. The van der Waals surface area contributed by atoms with Gasteiger partial charge in [0.1, 0.15) is 17.0 Å². The molecular weight excluding hydrogens is 517 g/mol. The summed E-state index contributed by atoms with van der Waals surface area (Å²) in [6.07, 6.45) is 0.0744. The summed E-state index contributed by atoms with van der Waals surface area (Å²) in [6, 6.07) is 3.67. The summed E-state index contributed by atoms with van der Waals surface area (Å²) < 4.78 is 47.0. The van der Waals surface area contributed by atoms with Crippen molar-refractivity contribution < 1.29 is 22.7 Å². The number of nitrogens with one attached hydrogen (secondary N) is 1. The molecular formula is C24H27F3N10O2. The number of alkyl halides is 3. The summed E-state index contributed by atoms with van der Waals surface area (Å²) >= 11 is 0. The number of anilines is 4. The predicted molar refractivity (Wildman–Crippen MR) is 137 cm³/mol. The minimum atomic E-state index is -4.77. The highest BCUT2D eigenvalue weighted by atomic mass is 19.4. The number of carbonyl (C=O) groups excluding carboxylic acids is 1. The number of amides is 1. The molecule has 3 aromatic rings. The third-order valence-electron chi connectivity index (χ3n) is 6.53. The number of pyridine rings is 1. The number of morpholine rings is 1. The van der Waals surface area contributed by atoms with E-state index >= 15 is 0 Å². The number of piperidine rings is 1. The maximum atomic E-state index is 13.9. The maximum absolute atomic E-state index is 13.9. The lowest BCUT2D eigenvalue weighted by atomic mass is 10.1. The van der Waals surface area contributed by atoms with Gasteiger partial charge >= 0.3 is 6.18 Å². The minimum absolute atomic E-state index is 0.0882. The van der Waals surface area contributed by atoms with Crippen molar-refractivity contribution in [2.24, 2.45) is 5.73 Å². The van der Waals surface area contributed by atoms with Crippen LogP contribution < -0.4 is 26.6 Å². The van der Waals surface area contributed by atoms with Gasteiger partial charge in [0.2, 0.25) is 5.95 Å². The molecule has 39 heavy (non-hydrogen) atoms. The smallest absolute Gasteiger partial charge is 0.382 e. The van der Waals surface area contributed by atoms with Crippen molar-refractivity contribution in [2.45, 2.75) is 25.1 Å². The van der Waals surface area contributed by atoms with Crippen LogP contribution in [0, 0.1) is 0 Å². The largest absolute Gasteiger partial charge is 0.420 e. The summed E-state index contributed by atoms with van der Waals surface area (Å²) in [5.41, 5.74) is 10.4. The number of nitrogens with two attached hydrogens (primary N) is 2. The quantitative estimate of drug-likeness (QED) is 0.430. The molecule has 2 saturated heterocycles. The second-order valence-corrected chi connectivity index (χ2v) is 9.17. The first-order chi connectivity index (χ1) is 18.7. The van der Waals surface area contributed by atoms with Crippen LogP contribution in [0.3, 0.4) is 0 Å². The summed E-state index contributed by atoms with van der Waals surface area (Å²) in [5, 5.41) is 2.68. The van der Waals surface area contributed by atoms with Crippen molar-refractivity contribution in [1.82, 2.24) is 24.9 Å². The number of nitrogens with zero attached hydrogens (tertiary/aromatic N) is 7. The van der Waals surface area contributed by atoms with Gasteiger partial charge < -0.3 is 31.3 Å². The zero-order chi connectivity index (χ0) is 27.6. The van der Waals surface area contributed by atoms with E-state index in [0.29, 0.717) is 51.3 Å². The zero-order valence-corrected chi connectivity index (χ0v) is 20.9. The molecule has 0 bridgehead atoms. The van der Waals surface area contributed by atoms with Crippen LogP contribution >= 0.6 is 0 Å². The van der Waals surface area contributed by atoms with E-state index in [1.165, 1.54) is 6.20 Å². The van der Waals surface area contributed by atoms with E-state index in [1.54, 1.807) is 11.0 Å². The molecule has 0 radical (unpaired) electrons. The van der Waals surface area contributed by atoms with Crippen LogP contribution in [0.2, 0.25) is 0 Å². The third kappa shape index (κ3) is 5.83. The van der Waals surface area contributed by atoms with Gasteiger partial charge in [-0.2, -0.15) is 13.2 Å². The van der Waals surface area contributed by atoms with Gasteiger partial charge in [0, 0.05) is 44.6 Å². The molecule has 2 aliphatic heterocycles. The van der Waals surface area contributed by atoms with E-state index in [1.807, 2.05) is 6.07 Å². The molecule has 0 saturated carbocycles. The van der Waals surface area contributed by atoms with Gasteiger partial charge in [-0.25, -0.2) is 24.9 Å². The second kappa shape index (κ2) is 10.9. The van der Waals surface area contributed by atoms with Gasteiger partial charge in [0.25, 0.3) is 5.91 Å². The fourth-order valence-corrected chi connectivity index (χ4v) is 4.43. The molecule has 206 valence electrons. The fourth-order valence-electron chi connectivity index (χ4n) is 4.43. The van der Waals surface area contributed by atoms with Crippen molar-refractivity contribution >= 4 is 29.2 Å². The summed E-state index contributed by atoms with van der Waals surface area (Å²) in [6.45, 7) is 3.00. The number of nitrogen functional groups attached to an aromatic ring is 1. The van der Waals surface area contributed by atoms with E-state index in [2.05, 4.69) is 35.1 Å². The number of carbonyl (C=O) groups is 1. The standard InChI is InChI=1S/C24H27F3N10O2/c25-24(26,27)15-12-32-23(37-8-10-39-11-9-37)34-18(15)16-13-31-20(29)19(33-16)22(38)35-21-17(2-1-5-30-21)36-6-3-14(28)4-7-36/h1-2,5,12-14H,3-4,6-11,28H2,(H2,29,31)(H,30,35,38). The Balaban J connectivity index is 1.47. The lowest BCUT2D eigenvalue weighted by Crippen LogP contribution is -2.40. The van der Waals surface area contributed by atoms with E-state index in [4.69, 9.17) is 16.2 Å². The maximum Gasteiger partial charge on any atom is 0.420 e. The zero-order valence-electron chi connectivity index (χ0n) is 20.9. The number of hydrogen-bond acceptors (Lipinski definition) is 11. The van der Waals surface area contributed by atoms with Crippen LogP contribution in [0.15, 0.2) is 30.7 Å². The summed E-state index contributed by atoms with van der Waals surface area (Å²) in [7, 11) is 0. The highest BCUT2D eigenvalue weighted by Gasteiger charge is 2.37. The number of hydrogen-bond donors (Lipinski definition) is 3. The average molecular weight is 545 g/mol. The van der Waals surface area contributed by atoms with Crippen LogP contribution in [-0.2, 0) is 10.9 Å². The SMILES string of the molecule is Nc1ncc(-c2nc(N3CCOCC3)ncc2C(F)(F)F)nc1C(=O)Nc1ncccc1N1CCC(N)CC1. The lowest BCUT2D eigenvalue weighted by Gasteiger charge is -2.32. The Kier molecular flexibility index (Phi) is 7.43. The molecule has 3 aromatic heterocycles. The van der Waals surface area contributed by atoms with Gasteiger partial charge in [-0.05, 0) is 25.0 Å². The molecule has 0 spiro atoms. The minimum Gasteiger partial charge on any atom is -0.382 e. The lowest BCUT2D eigenvalue weighted by molar-refractivity contribution is -0.137. The van der Waals surface area contributed by atoms with E-state index in [9.17, 15) is 18.0 Å². The average Bonchev–Trinajstić information content (AvgIpc) is 2.94.